The average molecular weight is 296 g/mol. The van der Waals surface area contributed by atoms with Crippen LogP contribution in [0.4, 0.5) is 0 Å². The van der Waals surface area contributed by atoms with Crippen molar-refractivity contribution in [3.63, 3.8) is 0 Å². The molecule has 1 aromatic carbocycles. The number of carbonyl (C=O) groups is 1. The summed E-state index contributed by atoms with van der Waals surface area (Å²) in [5.74, 6) is 1.60. The lowest BCUT2D eigenvalue weighted by Crippen LogP contribution is -2.29. The molecule has 0 aliphatic rings. The van der Waals surface area contributed by atoms with Crippen LogP contribution in [0, 0.1) is 19.3 Å². The van der Waals surface area contributed by atoms with E-state index in [0.717, 1.165) is 15.6 Å². The highest BCUT2D eigenvalue weighted by atomic mass is 79.9. The molecule has 0 spiro atoms. The zero-order valence-corrected chi connectivity index (χ0v) is 11.2. The fraction of sp³-hybridized carbons (Fsp3) is 0.308. The van der Waals surface area contributed by atoms with E-state index in [4.69, 9.17) is 11.5 Å². The van der Waals surface area contributed by atoms with E-state index >= 15 is 0 Å². The van der Waals surface area contributed by atoms with Gasteiger partial charge in [0, 0.05) is 11.0 Å². The monoisotopic (exact) mass is 295 g/mol. The lowest BCUT2D eigenvalue weighted by Gasteiger charge is -2.17. The SMILES string of the molecule is C#CCN(CC(=O)O)Cc1ccc(C)c(Br)c1. The molecule has 1 rings (SSSR count). The molecular weight excluding hydrogens is 282 g/mol. The van der Waals surface area contributed by atoms with E-state index in [1.54, 1.807) is 4.90 Å². The minimum Gasteiger partial charge on any atom is -0.480 e. The minimum absolute atomic E-state index is 0.0459. The normalized spacial score (nSPS) is 10.2. The van der Waals surface area contributed by atoms with E-state index in [0.29, 0.717) is 13.1 Å². The summed E-state index contributed by atoms with van der Waals surface area (Å²) in [5.41, 5.74) is 2.19. The Bertz CT molecular complexity index is 451. The van der Waals surface area contributed by atoms with Gasteiger partial charge in [-0.25, -0.2) is 0 Å². The van der Waals surface area contributed by atoms with Gasteiger partial charge in [-0.05, 0) is 24.1 Å². The Kier molecular flexibility index (Phi) is 5.20. The number of carboxylic acid groups (broad SMARTS) is 1. The van der Waals surface area contributed by atoms with Crippen LogP contribution in [0.1, 0.15) is 11.1 Å². The van der Waals surface area contributed by atoms with E-state index < -0.39 is 5.97 Å². The van der Waals surface area contributed by atoms with Gasteiger partial charge in [-0.15, -0.1) is 6.42 Å². The summed E-state index contributed by atoms with van der Waals surface area (Å²) in [7, 11) is 0. The predicted octanol–water partition coefficient (Wildman–Crippen LogP) is 2.28. The van der Waals surface area contributed by atoms with Crippen molar-refractivity contribution in [2.45, 2.75) is 13.5 Å². The fourth-order valence-corrected chi connectivity index (χ4v) is 1.91. The van der Waals surface area contributed by atoms with Crippen molar-refractivity contribution < 1.29 is 9.90 Å². The largest absolute Gasteiger partial charge is 0.480 e. The van der Waals surface area contributed by atoms with Gasteiger partial charge >= 0.3 is 5.97 Å². The molecule has 3 nitrogen and oxygen atoms in total. The highest BCUT2D eigenvalue weighted by Gasteiger charge is 2.09. The Morgan fingerprint density at radius 3 is 2.82 bits per heavy atom. The number of halogens is 1. The second kappa shape index (κ2) is 6.43. The van der Waals surface area contributed by atoms with Crippen molar-refractivity contribution in [2.75, 3.05) is 13.1 Å². The molecule has 0 aromatic heterocycles. The summed E-state index contributed by atoms with van der Waals surface area (Å²) in [6, 6.07) is 5.96. The maximum Gasteiger partial charge on any atom is 0.317 e. The van der Waals surface area contributed by atoms with Gasteiger partial charge in [-0.1, -0.05) is 34.0 Å². The number of hydrogen-bond acceptors (Lipinski definition) is 2. The zero-order valence-electron chi connectivity index (χ0n) is 9.61. The predicted molar refractivity (Wildman–Crippen MR) is 70.6 cm³/mol. The molecule has 0 saturated heterocycles. The van der Waals surface area contributed by atoms with E-state index in [2.05, 4.69) is 21.9 Å². The summed E-state index contributed by atoms with van der Waals surface area (Å²) in [4.78, 5) is 12.4. The van der Waals surface area contributed by atoms with Crippen molar-refractivity contribution in [1.29, 1.82) is 0 Å². The number of carboxylic acids is 1. The smallest absolute Gasteiger partial charge is 0.317 e. The molecule has 0 fully saturated rings. The summed E-state index contributed by atoms with van der Waals surface area (Å²) in [6.45, 7) is 2.83. The van der Waals surface area contributed by atoms with Gasteiger partial charge in [0.25, 0.3) is 0 Å². The van der Waals surface area contributed by atoms with Gasteiger partial charge in [-0.3, -0.25) is 9.69 Å². The number of aryl methyl sites for hydroxylation is 1. The van der Waals surface area contributed by atoms with Crippen LogP contribution >= 0.6 is 15.9 Å². The molecule has 90 valence electrons. The average Bonchev–Trinajstić information content (AvgIpc) is 2.23. The molecule has 1 N–H and O–H groups in total. The molecule has 0 saturated carbocycles. The Morgan fingerprint density at radius 2 is 2.29 bits per heavy atom. The quantitative estimate of drug-likeness (QED) is 0.847. The lowest BCUT2D eigenvalue weighted by atomic mass is 10.1. The number of hydrogen-bond donors (Lipinski definition) is 1. The first-order valence-corrected chi connectivity index (χ1v) is 5.95. The van der Waals surface area contributed by atoms with Crippen molar-refractivity contribution in [3.8, 4) is 12.3 Å². The number of terminal acetylenes is 1. The molecule has 0 aliphatic heterocycles. The van der Waals surface area contributed by atoms with E-state index in [-0.39, 0.29) is 6.54 Å². The van der Waals surface area contributed by atoms with Crippen molar-refractivity contribution >= 4 is 21.9 Å². The van der Waals surface area contributed by atoms with Crippen LogP contribution in [0.3, 0.4) is 0 Å². The van der Waals surface area contributed by atoms with Crippen LogP contribution in [-0.2, 0) is 11.3 Å². The van der Waals surface area contributed by atoms with Crippen LogP contribution < -0.4 is 0 Å². The first-order chi connectivity index (χ1) is 8.02. The first-order valence-electron chi connectivity index (χ1n) is 5.15. The van der Waals surface area contributed by atoms with Crippen molar-refractivity contribution in [1.82, 2.24) is 4.90 Å². The van der Waals surface area contributed by atoms with Gasteiger partial charge < -0.3 is 5.11 Å². The zero-order chi connectivity index (χ0) is 12.8. The molecule has 1 aromatic rings. The third-order valence-electron chi connectivity index (χ3n) is 2.32. The fourth-order valence-electron chi connectivity index (χ4n) is 1.48. The molecule has 4 heteroatoms. The summed E-state index contributed by atoms with van der Waals surface area (Å²) in [6.07, 6.45) is 5.22. The molecule has 0 aliphatic carbocycles. The molecule has 0 amide bonds. The Morgan fingerprint density at radius 1 is 1.59 bits per heavy atom. The first kappa shape index (κ1) is 13.8. The van der Waals surface area contributed by atoms with E-state index in [9.17, 15) is 4.79 Å². The maximum absolute atomic E-state index is 10.7. The van der Waals surface area contributed by atoms with Gasteiger partial charge in [0.2, 0.25) is 0 Å². The lowest BCUT2D eigenvalue weighted by molar-refractivity contribution is -0.138. The van der Waals surface area contributed by atoms with Gasteiger partial charge in [0.05, 0.1) is 13.1 Å². The Balaban J connectivity index is 2.75. The standard InChI is InChI=1S/C13H14BrNO2/c1-3-6-15(9-13(16)17)8-11-5-4-10(2)12(14)7-11/h1,4-5,7H,6,8-9H2,2H3,(H,16,17). The summed E-state index contributed by atoms with van der Waals surface area (Å²) in [5, 5.41) is 8.77. The van der Waals surface area contributed by atoms with Gasteiger partial charge in [-0.2, -0.15) is 0 Å². The third-order valence-corrected chi connectivity index (χ3v) is 3.17. The van der Waals surface area contributed by atoms with E-state index in [1.807, 2.05) is 25.1 Å². The van der Waals surface area contributed by atoms with Gasteiger partial charge in [0.1, 0.15) is 0 Å². The molecule has 0 atom stereocenters. The Hall–Kier alpha value is -1.31. The maximum atomic E-state index is 10.7. The molecule has 0 unspecified atom stereocenters. The topological polar surface area (TPSA) is 40.5 Å². The van der Waals surface area contributed by atoms with E-state index in [1.165, 1.54) is 0 Å². The minimum atomic E-state index is -0.869. The second-order valence-corrected chi connectivity index (χ2v) is 4.68. The van der Waals surface area contributed by atoms with Gasteiger partial charge in [0.15, 0.2) is 0 Å². The Labute approximate surface area is 110 Å². The highest BCUT2D eigenvalue weighted by Crippen LogP contribution is 2.18. The van der Waals surface area contributed by atoms with Crippen LogP contribution in [-0.4, -0.2) is 29.1 Å². The second-order valence-electron chi connectivity index (χ2n) is 3.83. The number of nitrogens with zero attached hydrogens (tertiary/aromatic N) is 1. The highest BCUT2D eigenvalue weighted by molar-refractivity contribution is 9.10. The third kappa shape index (κ3) is 4.59. The summed E-state index contributed by atoms with van der Waals surface area (Å²) < 4.78 is 1.02. The molecule has 0 bridgehead atoms. The molecular formula is C13H14BrNO2. The molecule has 17 heavy (non-hydrogen) atoms. The van der Waals surface area contributed by atoms with Crippen LogP contribution in [0.2, 0.25) is 0 Å². The van der Waals surface area contributed by atoms with Crippen molar-refractivity contribution in [2.24, 2.45) is 0 Å². The van der Waals surface area contributed by atoms with Crippen molar-refractivity contribution in [3.05, 3.63) is 33.8 Å². The molecule has 0 radical (unpaired) electrons. The van der Waals surface area contributed by atoms with Crippen LogP contribution in [0.5, 0.6) is 0 Å². The number of benzene rings is 1. The van der Waals surface area contributed by atoms with Crippen LogP contribution in [0.25, 0.3) is 0 Å². The summed E-state index contributed by atoms with van der Waals surface area (Å²) >= 11 is 3.45. The molecule has 0 heterocycles. The number of aliphatic carboxylic acids is 1. The van der Waals surface area contributed by atoms with Crippen LogP contribution in [0.15, 0.2) is 22.7 Å². The number of rotatable bonds is 5.